The summed E-state index contributed by atoms with van der Waals surface area (Å²) in [4.78, 5) is 39.1. The van der Waals surface area contributed by atoms with Gasteiger partial charge in [0.05, 0.1) is 0 Å². The third-order valence-electron chi connectivity index (χ3n) is 5.39. The molecule has 3 amide bonds. The molecule has 2 saturated heterocycles. The van der Waals surface area contributed by atoms with Crippen LogP contribution in [0.3, 0.4) is 0 Å². The number of hydrogen-bond donors (Lipinski definition) is 2. The van der Waals surface area contributed by atoms with Crippen LogP contribution < -0.4 is 10.6 Å². The zero-order valence-electron chi connectivity index (χ0n) is 15.6. The Bertz CT molecular complexity index is 469. The van der Waals surface area contributed by atoms with Crippen LogP contribution in [0.25, 0.3) is 0 Å². The molecule has 0 bridgehead atoms. The SMILES string of the molecule is CC(=O)N1CCN(C(=O)CCNC(=O)CC(C)C2CCCNC2)CC1. The second-order valence-corrected chi connectivity index (χ2v) is 7.27. The van der Waals surface area contributed by atoms with Crippen LogP contribution in [-0.4, -0.2) is 73.3 Å². The summed E-state index contributed by atoms with van der Waals surface area (Å²) in [5.74, 6) is 1.07. The van der Waals surface area contributed by atoms with Gasteiger partial charge in [-0.15, -0.1) is 0 Å². The minimum Gasteiger partial charge on any atom is -0.356 e. The van der Waals surface area contributed by atoms with Crippen LogP contribution in [0.1, 0.15) is 39.5 Å². The van der Waals surface area contributed by atoms with E-state index in [1.165, 1.54) is 12.8 Å². The summed E-state index contributed by atoms with van der Waals surface area (Å²) in [7, 11) is 0. The third kappa shape index (κ3) is 6.30. The van der Waals surface area contributed by atoms with Gasteiger partial charge in [0, 0.05) is 52.5 Å². The Morgan fingerprint density at radius 1 is 1.16 bits per heavy atom. The molecule has 2 unspecified atom stereocenters. The molecule has 2 fully saturated rings. The summed E-state index contributed by atoms with van der Waals surface area (Å²) in [5.41, 5.74) is 0. The normalized spacial score (nSPS) is 22.4. The van der Waals surface area contributed by atoms with Gasteiger partial charge in [-0.3, -0.25) is 14.4 Å². The van der Waals surface area contributed by atoms with Crippen LogP contribution in [0.5, 0.6) is 0 Å². The van der Waals surface area contributed by atoms with Crippen molar-refractivity contribution < 1.29 is 14.4 Å². The molecule has 142 valence electrons. The molecule has 0 aromatic carbocycles. The Labute approximate surface area is 150 Å². The molecule has 0 aromatic heterocycles. The van der Waals surface area contributed by atoms with Gasteiger partial charge < -0.3 is 20.4 Å². The van der Waals surface area contributed by atoms with E-state index in [2.05, 4.69) is 17.6 Å². The number of amides is 3. The fraction of sp³-hybridized carbons (Fsp3) is 0.833. The molecule has 7 nitrogen and oxygen atoms in total. The third-order valence-corrected chi connectivity index (χ3v) is 5.39. The first-order valence-electron chi connectivity index (χ1n) is 9.48. The Balaban J connectivity index is 1.60. The van der Waals surface area contributed by atoms with Crippen molar-refractivity contribution in [2.45, 2.75) is 39.5 Å². The van der Waals surface area contributed by atoms with E-state index < -0.39 is 0 Å². The van der Waals surface area contributed by atoms with Crippen molar-refractivity contribution in [1.29, 1.82) is 0 Å². The molecule has 0 spiro atoms. The van der Waals surface area contributed by atoms with E-state index in [0.29, 0.717) is 57.4 Å². The largest absolute Gasteiger partial charge is 0.356 e. The highest BCUT2D eigenvalue weighted by Crippen LogP contribution is 2.22. The van der Waals surface area contributed by atoms with E-state index in [0.717, 1.165) is 13.1 Å². The fourth-order valence-corrected chi connectivity index (χ4v) is 3.63. The molecule has 0 radical (unpaired) electrons. The second-order valence-electron chi connectivity index (χ2n) is 7.27. The highest BCUT2D eigenvalue weighted by Gasteiger charge is 2.23. The standard InChI is InChI=1S/C18H32N4O3/c1-14(16-4-3-6-19-13-16)12-17(24)20-7-5-18(25)22-10-8-21(9-11-22)15(2)23/h14,16,19H,3-13H2,1-2H3,(H,20,24). The number of piperidine rings is 1. The molecule has 2 aliphatic rings. The van der Waals surface area contributed by atoms with Crippen LogP contribution in [0.4, 0.5) is 0 Å². The number of hydrogen-bond acceptors (Lipinski definition) is 4. The molecule has 2 N–H and O–H groups in total. The Kier molecular flexibility index (Phi) is 7.68. The van der Waals surface area contributed by atoms with Gasteiger partial charge >= 0.3 is 0 Å². The molecule has 7 heteroatoms. The average Bonchev–Trinajstić information content (AvgIpc) is 2.62. The summed E-state index contributed by atoms with van der Waals surface area (Å²) in [6.45, 7) is 8.52. The van der Waals surface area contributed by atoms with Gasteiger partial charge in [-0.05, 0) is 37.8 Å². The maximum absolute atomic E-state index is 12.2. The predicted molar refractivity (Wildman–Crippen MR) is 95.8 cm³/mol. The molecule has 2 atom stereocenters. The highest BCUT2D eigenvalue weighted by atomic mass is 16.2. The van der Waals surface area contributed by atoms with E-state index in [1.807, 2.05) is 0 Å². The summed E-state index contributed by atoms with van der Waals surface area (Å²) < 4.78 is 0. The van der Waals surface area contributed by atoms with Gasteiger partial charge in [0.15, 0.2) is 0 Å². The number of rotatable bonds is 6. The second kappa shape index (κ2) is 9.75. The van der Waals surface area contributed by atoms with E-state index in [-0.39, 0.29) is 17.7 Å². The maximum atomic E-state index is 12.2. The van der Waals surface area contributed by atoms with Crippen molar-refractivity contribution in [2.24, 2.45) is 11.8 Å². The minimum absolute atomic E-state index is 0.0345. The lowest BCUT2D eigenvalue weighted by Crippen LogP contribution is -2.50. The van der Waals surface area contributed by atoms with E-state index >= 15 is 0 Å². The lowest BCUT2D eigenvalue weighted by molar-refractivity contribution is -0.138. The summed E-state index contributed by atoms with van der Waals surface area (Å²) >= 11 is 0. The summed E-state index contributed by atoms with van der Waals surface area (Å²) in [5, 5.41) is 6.27. The van der Waals surface area contributed by atoms with Crippen molar-refractivity contribution in [3.63, 3.8) is 0 Å². The molecule has 0 aromatic rings. The van der Waals surface area contributed by atoms with Gasteiger partial charge in [0.2, 0.25) is 17.7 Å². The van der Waals surface area contributed by atoms with Crippen LogP contribution >= 0.6 is 0 Å². The average molecular weight is 352 g/mol. The van der Waals surface area contributed by atoms with Crippen molar-refractivity contribution in [1.82, 2.24) is 20.4 Å². The van der Waals surface area contributed by atoms with E-state index in [9.17, 15) is 14.4 Å². The first-order valence-corrected chi connectivity index (χ1v) is 9.48. The quantitative estimate of drug-likeness (QED) is 0.716. The van der Waals surface area contributed by atoms with Crippen molar-refractivity contribution in [3.8, 4) is 0 Å². The molecule has 0 saturated carbocycles. The Hall–Kier alpha value is -1.63. The molecular weight excluding hydrogens is 320 g/mol. The highest BCUT2D eigenvalue weighted by molar-refractivity contribution is 5.79. The minimum atomic E-state index is 0.0345. The Morgan fingerprint density at radius 2 is 1.84 bits per heavy atom. The molecule has 25 heavy (non-hydrogen) atoms. The molecule has 0 aliphatic carbocycles. The number of carbonyl (C=O) groups excluding carboxylic acids is 3. The topological polar surface area (TPSA) is 81.8 Å². The number of nitrogens with one attached hydrogen (secondary N) is 2. The maximum Gasteiger partial charge on any atom is 0.224 e. The Morgan fingerprint density at radius 3 is 2.44 bits per heavy atom. The van der Waals surface area contributed by atoms with Gasteiger partial charge in [-0.1, -0.05) is 6.92 Å². The zero-order chi connectivity index (χ0) is 18.2. The van der Waals surface area contributed by atoms with Crippen molar-refractivity contribution in [3.05, 3.63) is 0 Å². The molecular formula is C18H32N4O3. The number of nitrogens with zero attached hydrogens (tertiary/aromatic N) is 2. The zero-order valence-corrected chi connectivity index (χ0v) is 15.6. The molecule has 2 aliphatic heterocycles. The first kappa shape index (κ1) is 19.7. The van der Waals surface area contributed by atoms with Gasteiger partial charge in [-0.2, -0.15) is 0 Å². The van der Waals surface area contributed by atoms with Crippen LogP contribution in [-0.2, 0) is 14.4 Å². The van der Waals surface area contributed by atoms with Crippen LogP contribution in [0, 0.1) is 11.8 Å². The van der Waals surface area contributed by atoms with Gasteiger partial charge in [0.25, 0.3) is 0 Å². The number of piperazine rings is 1. The first-order chi connectivity index (χ1) is 12.0. The van der Waals surface area contributed by atoms with Crippen LogP contribution in [0.15, 0.2) is 0 Å². The van der Waals surface area contributed by atoms with E-state index in [1.54, 1.807) is 16.7 Å². The van der Waals surface area contributed by atoms with Crippen LogP contribution in [0.2, 0.25) is 0 Å². The lowest BCUT2D eigenvalue weighted by Gasteiger charge is -2.34. The number of carbonyl (C=O) groups is 3. The molecule has 2 rings (SSSR count). The monoisotopic (exact) mass is 352 g/mol. The summed E-state index contributed by atoms with van der Waals surface area (Å²) in [6.07, 6.45) is 3.22. The van der Waals surface area contributed by atoms with Crippen molar-refractivity contribution in [2.75, 3.05) is 45.8 Å². The lowest BCUT2D eigenvalue weighted by atomic mass is 9.85. The van der Waals surface area contributed by atoms with Crippen molar-refractivity contribution >= 4 is 17.7 Å². The predicted octanol–water partition coefficient (Wildman–Crippen LogP) is 0.209. The van der Waals surface area contributed by atoms with Gasteiger partial charge in [0.1, 0.15) is 0 Å². The molecule has 2 heterocycles. The fourth-order valence-electron chi connectivity index (χ4n) is 3.63. The summed E-state index contributed by atoms with van der Waals surface area (Å²) in [6, 6.07) is 0. The van der Waals surface area contributed by atoms with Gasteiger partial charge in [-0.25, -0.2) is 0 Å². The van der Waals surface area contributed by atoms with E-state index in [4.69, 9.17) is 0 Å². The smallest absolute Gasteiger partial charge is 0.224 e.